The lowest BCUT2D eigenvalue weighted by Crippen LogP contribution is -2.51. The minimum Gasteiger partial charge on any atom is -0.375 e. The highest BCUT2D eigenvalue weighted by molar-refractivity contribution is 5.19. The number of hydrogen-bond donors (Lipinski definition) is 1. The molecule has 0 spiro atoms. The Hall–Kier alpha value is -0.900. The maximum atomic E-state index is 5.92. The molecule has 3 heteroatoms. The first-order chi connectivity index (χ1) is 9.88. The maximum absolute atomic E-state index is 5.92. The van der Waals surface area contributed by atoms with Gasteiger partial charge in [-0.2, -0.15) is 0 Å². The van der Waals surface area contributed by atoms with Crippen LogP contribution in [-0.4, -0.2) is 43.3 Å². The summed E-state index contributed by atoms with van der Waals surface area (Å²) in [6.07, 6.45) is 4.36. The van der Waals surface area contributed by atoms with E-state index in [1.807, 2.05) is 0 Å². The van der Waals surface area contributed by atoms with Crippen molar-refractivity contribution in [3.63, 3.8) is 0 Å². The lowest BCUT2D eigenvalue weighted by Gasteiger charge is -2.39. The predicted octanol–water partition coefficient (Wildman–Crippen LogP) is 2.59. The number of nitrogens with zero attached hydrogens (tertiary/aromatic N) is 1. The van der Waals surface area contributed by atoms with Crippen LogP contribution >= 0.6 is 0 Å². The van der Waals surface area contributed by atoms with Crippen molar-refractivity contribution in [1.29, 1.82) is 0 Å². The van der Waals surface area contributed by atoms with Crippen molar-refractivity contribution < 1.29 is 4.74 Å². The van der Waals surface area contributed by atoms with Crippen LogP contribution in [0.5, 0.6) is 0 Å². The SMILES string of the molecule is CCNC(CN1CCOC2CCCC21)c1ccccc1. The van der Waals surface area contributed by atoms with Gasteiger partial charge in [0.25, 0.3) is 0 Å². The fraction of sp³-hybridized carbons (Fsp3) is 0.647. The van der Waals surface area contributed by atoms with Gasteiger partial charge in [0, 0.05) is 25.2 Å². The molecular formula is C17H26N2O. The average molecular weight is 274 g/mol. The molecule has 1 N–H and O–H groups in total. The summed E-state index contributed by atoms with van der Waals surface area (Å²) in [5.41, 5.74) is 1.40. The molecule has 1 aromatic carbocycles. The second kappa shape index (κ2) is 6.70. The van der Waals surface area contributed by atoms with Gasteiger partial charge in [-0.05, 0) is 31.4 Å². The topological polar surface area (TPSA) is 24.5 Å². The molecule has 0 radical (unpaired) electrons. The Morgan fingerprint density at radius 2 is 2.15 bits per heavy atom. The quantitative estimate of drug-likeness (QED) is 0.893. The molecule has 110 valence electrons. The third-order valence-corrected chi connectivity index (χ3v) is 4.67. The van der Waals surface area contributed by atoms with Crippen LogP contribution in [0.4, 0.5) is 0 Å². The van der Waals surface area contributed by atoms with Gasteiger partial charge in [-0.25, -0.2) is 0 Å². The Labute approximate surface area is 122 Å². The van der Waals surface area contributed by atoms with Gasteiger partial charge in [0.2, 0.25) is 0 Å². The van der Waals surface area contributed by atoms with Crippen molar-refractivity contribution >= 4 is 0 Å². The first-order valence-corrected chi connectivity index (χ1v) is 8.02. The molecule has 1 aromatic rings. The molecule has 20 heavy (non-hydrogen) atoms. The Balaban J connectivity index is 1.69. The van der Waals surface area contributed by atoms with E-state index in [9.17, 15) is 0 Å². The molecule has 2 aliphatic rings. The predicted molar refractivity (Wildman–Crippen MR) is 81.8 cm³/mol. The van der Waals surface area contributed by atoms with E-state index in [1.165, 1.54) is 24.8 Å². The van der Waals surface area contributed by atoms with Crippen LogP contribution in [0.15, 0.2) is 30.3 Å². The molecule has 1 aliphatic heterocycles. The standard InChI is InChI=1S/C17H26N2O/c1-2-18-15(14-7-4-3-5-8-14)13-19-11-12-20-17-10-6-9-16(17)19/h3-5,7-8,15-18H,2,6,9-13H2,1H3. The Morgan fingerprint density at radius 1 is 1.30 bits per heavy atom. The minimum atomic E-state index is 0.431. The highest BCUT2D eigenvalue weighted by Crippen LogP contribution is 2.30. The van der Waals surface area contributed by atoms with Gasteiger partial charge >= 0.3 is 0 Å². The fourth-order valence-corrected chi connectivity index (χ4v) is 3.69. The van der Waals surface area contributed by atoms with Crippen LogP contribution in [0, 0.1) is 0 Å². The van der Waals surface area contributed by atoms with E-state index >= 15 is 0 Å². The molecule has 3 rings (SSSR count). The number of ether oxygens (including phenoxy) is 1. The number of morpholine rings is 1. The molecule has 3 unspecified atom stereocenters. The number of nitrogens with one attached hydrogen (secondary N) is 1. The molecule has 3 nitrogen and oxygen atoms in total. The van der Waals surface area contributed by atoms with Crippen molar-refractivity contribution in [2.45, 2.75) is 44.4 Å². The zero-order valence-corrected chi connectivity index (χ0v) is 12.4. The number of hydrogen-bond acceptors (Lipinski definition) is 3. The third kappa shape index (κ3) is 3.05. The van der Waals surface area contributed by atoms with Crippen LogP contribution in [0.2, 0.25) is 0 Å². The van der Waals surface area contributed by atoms with Crippen LogP contribution in [-0.2, 0) is 4.74 Å². The van der Waals surface area contributed by atoms with E-state index in [0.717, 1.165) is 26.2 Å². The minimum absolute atomic E-state index is 0.431. The molecule has 3 atom stereocenters. The highest BCUT2D eigenvalue weighted by Gasteiger charge is 2.36. The summed E-state index contributed by atoms with van der Waals surface area (Å²) in [6, 6.07) is 11.9. The summed E-state index contributed by atoms with van der Waals surface area (Å²) < 4.78 is 5.92. The normalized spacial score (nSPS) is 28.2. The molecule has 1 aliphatic carbocycles. The largest absolute Gasteiger partial charge is 0.375 e. The summed E-state index contributed by atoms with van der Waals surface area (Å²) in [5.74, 6) is 0. The summed E-state index contributed by atoms with van der Waals surface area (Å²) >= 11 is 0. The van der Waals surface area contributed by atoms with Gasteiger partial charge in [-0.3, -0.25) is 4.90 Å². The van der Waals surface area contributed by atoms with Crippen molar-refractivity contribution in [2.75, 3.05) is 26.2 Å². The second-order valence-electron chi connectivity index (χ2n) is 5.92. The number of rotatable bonds is 5. The molecular weight excluding hydrogens is 248 g/mol. The smallest absolute Gasteiger partial charge is 0.0730 e. The van der Waals surface area contributed by atoms with Gasteiger partial charge in [0.15, 0.2) is 0 Å². The monoisotopic (exact) mass is 274 g/mol. The maximum Gasteiger partial charge on any atom is 0.0730 e. The van der Waals surface area contributed by atoms with Gasteiger partial charge in [-0.1, -0.05) is 37.3 Å². The van der Waals surface area contributed by atoms with E-state index in [4.69, 9.17) is 4.74 Å². The van der Waals surface area contributed by atoms with E-state index in [2.05, 4.69) is 47.5 Å². The molecule has 0 bridgehead atoms. The van der Waals surface area contributed by atoms with Gasteiger partial charge in [-0.15, -0.1) is 0 Å². The lowest BCUT2D eigenvalue weighted by atomic mass is 10.0. The van der Waals surface area contributed by atoms with Crippen LogP contribution < -0.4 is 5.32 Å². The van der Waals surface area contributed by atoms with E-state index in [-0.39, 0.29) is 0 Å². The number of likely N-dealkylation sites (N-methyl/N-ethyl adjacent to an activating group) is 1. The van der Waals surface area contributed by atoms with Gasteiger partial charge < -0.3 is 10.1 Å². The summed E-state index contributed by atoms with van der Waals surface area (Å²) in [6.45, 7) is 6.28. The zero-order valence-electron chi connectivity index (χ0n) is 12.4. The van der Waals surface area contributed by atoms with Crippen LogP contribution in [0.3, 0.4) is 0 Å². The first kappa shape index (κ1) is 14.1. The number of fused-ring (bicyclic) bond motifs is 1. The average Bonchev–Trinajstić information content (AvgIpc) is 2.97. The fourth-order valence-electron chi connectivity index (χ4n) is 3.69. The summed E-state index contributed by atoms with van der Waals surface area (Å²) in [5, 5.41) is 3.64. The van der Waals surface area contributed by atoms with Crippen LogP contribution in [0.25, 0.3) is 0 Å². The highest BCUT2D eigenvalue weighted by atomic mass is 16.5. The van der Waals surface area contributed by atoms with Gasteiger partial charge in [0.05, 0.1) is 12.7 Å². The zero-order chi connectivity index (χ0) is 13.8. The molecule has 0 amide bonds. The van der Waals surface area contributed by atoms with Crippen LogP contribution in [0.1, 0.15) is 37.8 Å². The Kier molecular flexibility index (Phi) is 4.71. The van der Waals surface area contributed by atoms with Crippen molar-refractivity contribution in [3.8, 4) is 0 Å². The van der Waals surface area contributed by atoms with E-state index in [1.54, 1.807) is 0 Å². The van der Waals surface area contributed by atoms with Crippen molar-refractivity contribution in [3.05, 3.63) is 35.9 Å². The molecule has 1 saturated carbocycles. The van der Waals surface area contributed by atoms with E-state index < -0.39 is 0 Å². The second-order valence-corrected chi connectivity index (χ2v) is 5.92. The van der Waals surface area contributed by atoms with Gasteiger partial charge in [0.1, 0.15) is 0 Å². The first-order valence-electron chi connectivity index (χ1n) is 8.02. The van der Waals surface area contributed by atoms with Crippen molar-refractivity contribution in [1.82, 2.24) is 10.2 Å². The third-order valence-electron chi connectivity index (χ3n) is 4.67. The molecule has 1 saturated heterocycles. The van der Waals surface area contributed by atoms with Crippen molar-refractivity contribution in [2.24, 2.45) is 0 Å². The van der Waals surface area contributed by atoms with E-state index in [0.29, 0.717) is 18.2 Å². The molecule has 0 aromatic heterocycles. The lowest BCUT2D eigenvalue weighted by molar-refractivity contribution is -0.0582. The Bertz CT molecular complexity index is 409. The molecule has 1 heterocycles. The summed E-state index contributed by atoms with van der Waals surface area (Å²) in [4.78, 5) is 2.65. The number of benzene rings is 1. The Morgan fingerprint density at radius 3 is 2.95 bits per heavy atom. The summed E-state index contributed by atoms with van der Waals surface area (Å²) in [7, 11) is 0. The molecule has 2 fully saturated rings.